The third kappa shape index (κ3) is 3.32. The molecule has 17 heavy (non-hydrogen) atoms. The van der Waals surface area contributed by atoms with E-state index in [1.54, 1.807) is 0 Å². The molecule has 1 atom stereocenters. The first-order chi connectivity index (χ1) is 7.81. The van der Waals surface area contributed by atoms with Crippen molar-refractivity contribution in [2.75, 3.05) is 0 Å². The molecule has 0 saturated heterocycles. The molecule has 0 saturated carbocycles. The summed E-state index contributed by atoms with van der Waals surface area (Å²) in [6.07, 6.45) is 3.88. The van der Waals surface area contributed by atoms with E-state index in [0.29, 0.717) is 0 Å². The second-order valence-electron chi connectivity index (χ2n) is 3.94. The lowest BCUT2D eigenvalue weighted by atomic mass is 10.1. The highest BCUT2D eigenvalue weighted by atomic mass is 35.5. The average Bonchev–Trinajstić information content (AvgIpc) is 2.80. The molecule has 92 valence electrons. The first kappa shape index (κ1) is 13.7. The largest absolute Gasteiger partial charge is 0.341 e. The zero-order valence-electron chi connectivity index (χ0n) is 9.89. The Balaban J connectivity index is 0.00000144. The van der Waals surface area contributed by atoms with Crippen LogP contribution in [0, 0.1) is 0 Å². The van der Waals surface area contributed by atoms with Gasteiger partial charge in [0.15, 0.2) is 0 Å². The number of nitrogens with one attached hydrogen (secondary N) is 1. The Hall–Kier alpha value is -1.32. The lowest BCUT2D eigenvalue weighted by molar-refractivity contribution is 0.609. The number of nitrogens with zero attached hydrogens (tertiary/aromatic N) is 1. The minimum atomic E-state index is 0. The quantitative estimate of drug-likeness (QED) is 0.876. The lowest BCUT2D eigenvalue weighted by Crippen LogP contribution is -2.11. The van der Waals surface area contributed by atoms with Crippen molar-refractivity contribution < 1.29 is 0 Å². The normalized spacial score (nSPS) is 11.9. The fourth-order valence-electron chi connectivity index (χ4n) is 1.74. The van der Waals surface area contributed by atoms with Gasteiger partial charge in [-0.15, -0.1) is 12.4 Å². The Morgan fingerprint density at radius 2 is 2.00 bits per heavy atom. The number of halogens is 1. The van der Waals surface area contributed by atoms with E-state index in [9.17, 15) is 0 Å². The van der Waals surface area contributed by atoms with Gasteiger partial charge in [-0.05, 0) is 12.0 Å². The predicted octanol–water partition coefficient (Wildman–Crippen LogP) is 3.30. The summed E-state index contributed by atoms with van der Waals surface area (Å²) >= 11 is 0. The summed E-state index contributed by atoms with van der Waals surface area (Å²) in [5, 5.41) is 0. The van der Waals surface area contributed by atoms with Gasteiger partial charge < -0.3 is 10.7 Å². The van der Waals surface area contributed by atoms with Gasteiger partial charge >= 0.3 is 0 Å². The van der Waals surface area contributed by atoms with Gasteiger partial charge in [0.1, 0.15) is 5.82 Å². The number of rotatable bonds is 4. The lowest BCUT2D eigenvalue weighted by Gasteiger charge is -2.05. The van der Waals surface area contributed by atoms with Crippen LogP contribution >= 0.6 is 12.4 Å². The maximum atomic E-state index is 6.00. The summed E-state index contributed by atoms with van der Waals surface area (Å²) in [4.78, 5) is 7.61. The standard InChI is InChI=1S/C13H17N3.ClH/c1-2-6-11(14)13-15-9-12(16-13)10-7-4-3-5-8-10;/h3-5,7-9,11H,2,6,14H2,1H3,(H,15,16);1H/t11-;/m1./s1. The number of hydrogen-bond acceptors (Lipinski definition) is 2. The number of imidazole rings is 1. The molecule has 1 aromatic carbocycles. The molecule has 0 radical (unpaired) electrons. The van der Waals surface area contributed by atoms with Gasteiger partial charge in [0.2, 0.25) is 0 Å². The molecular weight excluding hydrogens is 234 g/mol. The van der Waals surface area contributed by atoms with Gasteiger partial charge in [0.05, 0.1) is 17.9 Å². The Bertz CT molecular complexity index is 439. The van der Waals surface area contributed by atoms with Crippen LogP contribution in [0.4, 0.5) is 0 Å². The molecule has 0 bridgehead atoms. The van der Waals surface area contributed by atoms with Crippen LogP contribution in [0.5, 0.6) is 0 Å². The number of benzene rings is 1. The SMILES string of the molecule is CCC[C@@H](N)c1ncc(-c2ccccc2)[nH]1.Cl. The van der Waals surface area contributed by atoms with Crippen molar-refractivity contribution in [2.24, 2.45) is 5.73 Å². The van der Waals surface area contributed by atoms with Gasteiger partial charge in [0.25, 0.3) is 0 Å². The van der Waals surface area contributed by atoms with Crippen molar-refractivity contribution in [3.8, 4) is 11.3 Å². The van der Waals surface area contributed by atoms with Crippen LogP contribution < -0.4 is 5.73 Å². The molecule has 0 aliphatic heterocycles. The molecule has 0 aliphatic carbocycles. The molecule has 1 aromatic heterocycles. The molecule has 3 N–H and O–H groups in total. The summed E-state index contributed by atoms with van der Waals surface area (Å²) < 4.78 is 0. The summed E-state index contributed by atoms with van der Waals surface area (Å²) in [5.41, 5.74) is 8.18. The molecule has 0 spiro atoms. The Labute approximate surface area is 108 Å². The fourth-order valence-corrected chi connectivity index (χ4v) is 1.74. The van der Waals surface area contributed by atoms with E-state index in [0.717, 1.165) is 29.9 Å². The Kier molecular flexibility index (Phi) is 5.19. The predicted molar refractivity (Wildman–Crippen MR) is 73.1 cm³/mol. The zero-order chi connectivity index (χ0) is 11.4. The monoisotopic (exact) mass is 251 g/mol. The van der Waals surface area contributed by atoms with Gasteiger partial charge in [-0.1, -0.05) is 43.7 Å². The summed E-state index contributed by atoms with van der Waals surface area (Å²) in [6.45, 7) is 2.13. The topological polar surface area (TPSA) is 54.7 Å². The molecule has 0 amide bonds. The maximum Gasteiger partial charge on any atom is 0.123 e. The average molecular weight is 252 g/mol. The van der Waals surface area contributed by atoms with E-state index in [1.807, 2.05) is 24.4 Å². The highest BCUT2D eigenvalue weighted by Crippen LogP contribution is 2.19. The van der Waals surface area contributed by atoms with Crippen molar-refractivity contribution in [2.45, 2.75) is 25.8 Å². The zero-order valence-corrected chi connectivity index (χ0v) is 10.7. The molecule has 2 aromatic rings. The van der Waals surface area contributed by atoms with Gasteiger partial charge in [0, 0.05) is 0 Å². The van der Waals surface area contributed by atoms with Gasteiger partial charge in [-0.3, -0.25) is 0 Å². The summed E-state index contributed by atoms with van der Waals surface area (Å²) in [5.74, 6) is 0.876. The van der Waals surface area contributed by atoms with E-state index in [-0.39, 0.29) is 18.4 Å². The summed E-state index contributed by atoms with van der Waals surface area (Å²) in [7, 11) is 0. The van der Waals surface area contributed by atoms with Crippen molar-refractivity contribution in [3.63, 3.8) is 0 Å². The fraction of sp³-hybridized carbons (Fsp3) is 0.308. The molecule has 0 unspecified atom stereocenters. The summed E-state index contributed by atoms with van der Waals surface area (Å²) in [6, 6.07) is 10.2. The van der Waals surface area contributed by atoms with Crippen LogP contribution in [0.3, 0.4) is 0 Å². The minimum absolute atomic E-state index is 0. The highest BCUT2D eigenvalue weighted by Gasteiger charge is 2.09. The van der Waals surface area contributed by atoms with Gasteiger partial charge in [-0.2, -0.15) is 0 Å². The molecule has 3 nitrogen and oxygen atoms in total. The molecule has 0 aliphatic rings. The number of nitrogens with two attached hydrogens (primary N) is 1. The third-order valence-electron chi connectivity index (χ3n) is 2.63. The smallest absolute Gasteiger partial charge is 0.123 e. The maximum absolute atomic E-state index is 6.00. The van der Waals surface area contributed by atoms with Crippen molar-refractivity contribution in [1.82, 2.24) is 9.97 Å². The Morgan fingerprint density at radius 1 is 1.29 bits per heavy atom. The second-order valence-corrected chi connectivity index (χ2v) is 3.94. The number of aromatic nitrogens is 2. The number of aromatic amines is 1. The number of hydrogen-bond donors (Lipinski definition) is 2. The van der Waals surface area contributed by atoms with Crippen LogP contribution in [0.1, 0.15) is 31.6 Å². The first-order valence-corrected chi connectivity index (χ1v) is 5.67. The van der Waals surface area contributed by atoms with E-state index in [1.165, 1.54) is 0 Å². The Morgan fingerprint density at radius 3 is 2.65 bits per heavy atom. The van der Waals surface area contributed by atoms with Crippen LogP contribution in [-0.2, 0) is 0 Å². The first-order valence-electron chi connectivity index (χ1n) is 5.67. The molecule has 0 fully saturated rings. The number of H-pyrrole nitrogens is 1. The third-order valence-corrected chi connectivity index (χ3v) is 2.63. The van der Waals surface area contributed by atoms with Crippen molar-refractivity contribution in [1.29, 1.82) is 0 Å². The van der Waals surface area contributed by atoms with Crippen molar-refractivity contribution in [3.05, 3.63) is 42.4 Å². The van der Waals surface area contributed by atoms with Crippen LogP contribution in [0.2, 0.25) is 0 Å². The molecule has 4 heteroatoms. The van der Waals surface area contributed by atoms with Crippen molar-refractivity contribution >= 4 is 12.4 Å². The highest BCUT2D eigenvalue weighted by molar-refractivity contribution is 5.85. The van der Waals surface area contributed by atoms with E-state index < -0.39 is 0 Å². The minimum Gasteiger partial charge on any atom is -0.341 e. The van der Waals surface area contributed by atoms with E-state index >= 15 is 0 Å². The van der Waals surface area contributed by atoms with Crippen LogP contribution in [0.25, 0.3) is 11.3 Å². The van der Waals surface area contributed by atoms with Crippen LogP contribution in [0.15, 0.2) is 36.5 Å². The molecule has 1 heterocycles. The molecular formula is C13H18ClN3. The second kappa shape index (κ2) is 6.42. The molecule has 2 rings (SSSR count). The van der Waals surface area contributed by atoms with Crippen LogP contribution in [-0.4, -0.2) is 9.97 Å². The van der Waals surface area contributed by atoms with Gasteiger partial charge in [-0.25, -0.2) is 4.98 Å². The van der Waals surface area contributed by atoms with E-state index in [2.05, 4.69) is 29.0 Å². The van der Waals surface area contributed by atoms with E-state index in [4.69, 9.17) is 5.73 Å².